The Morgan fingerprint density at radius 1 is 1.12 bits per heavy atom. The van der Waals surface area contributed by atoms with Gasteiger partial charge in [-0.2, -0.15) is 0 Å². The number of hydrogen-bond acceptors (Lipinski definition) is 6. The van der Waals surface area contributed by atoms with Crippen LogP contribution in [0, 0.1) is 0 Å². The standard InChI is InChI=1S/C24H25NO5S2/c1-3-4-12-30-18-7-5-6-16(13-18)20-14-22(26)25-23-21(15-31-24(20)23)32(27,28)19-10-8-17(29-2)9-11-19/h5-11,13,15,20H,3-4,12,14H2,1-2H3,(H,25,26)/t20-/m0/s1. The van der Waals surface area contributed by atoms with Gasteiger partial charge in [0.2, 0.25) is 15.7 Å². The van der Waals surface area contributed by atoms with Gasteiger partial charge in [-0.1, -0.05) is 25.5 Å². The highest BCUT2D eigenvalue weighted by molar-refractivity contribution is 7.91. The van der Waals surface area contributed by atoms with E-state index < -0.39 is 9.84 Å². The highest BCUT2D eigenvalue weighted by Gasteiger charge is 2.34. The molecule has 1 aromatic heterocycles. The zero-order valence-corrected chi connectivity index (χ0v) is 19.6. The number of rotatable bonds is 8. The van der Waals surface area contributed by atoms with Crippen molar-refractivity contribution < 1.29 is 22.7 Å². The van der Waals surface area contributed by atoms with Gasteiger partial charge in [0, 0.05) is 22.6 Å². The second-order valence-electron chi connectivity index (χ2n) is 7.60. The summed E-state index contributed by atoms with van der Waals surface area (Å²) in [5.74, 6) is 0.902. The highest BCUT2D eigenvalue weighted by atomic mass is 32.2. The largest absolute Gasteiger partial charge is 0.497 e. The smallest absolute Gasteiger partial charge is 0.225 e. The molecule has 0 unspecified atom stereocenters. The van der Waals surface area contributed by atoms with Crippen LogP contribution in [0.15, 0.2) is 63.7 Å². The normalized spacial score (nSPS) is 15.7. The van der Waals surface area contributed by atoms with E-state index in [2.05, 4.69) is 12.2 Å². The maximum absolute atomic E-state index is 13.3. The van der Waals surface area contributed by atoms with E-state index in [1.165, 1.54) is 30.6 Å². The van der Waals surface area contributed by atoms with E-state index in [-0.39, 0.29) is 28.0 Å². The summed E-state index contributed by atoms with van der Waals surface area (Å²) in [6, 6.07) is 13.9. The molecule has 0 radical (unpaired) electrons. The SMILES string of the molecule is CCCCOc1cccc([C@@H]2CC(=O)Nc3c(S(=O)(=O)c4ccc(OC)cc4)csc32)c1. The van der Waals surface area contributed by atoms with Crippen molar-refractivity contribution in [1.29, 1.82) is 0 Å². The number of sulfone groups is 1. The van der Waals surface area contributed by atoms with Gasteiger partial charge in [0.1, 0.15) is 16.4 Å². The van der Waals surface area contributed by atoms with E-state index in [9.17, 15) is 13.2 Å². The third-order valence-electron chi connectivity index (χ3n) is 5.44. The zero-order chi connectivity index (χ0) is 22.7. The average molecular weight is 472 g/mol. The number of nitrogens with one attached hydrogen (secondary N) is 1. The van der Waals surface area contributed by atoms with Crippen molar-refractivity contribution in [3.05, 3.63) is 64.4 Å². The van der Waals surface area contributed by atoms with E-state index >= 15 is 0 Å². The molecule has 1 aliphatic rings. The van der Waals surface area contributed by atoms with E-state index in [1.807, 2.05) is 24.3 Å². The Kier molecular flexibility index (Phi) is 6.53. The fourth-order valence-corrected chi connectivity index (χ4v) is 6.62. The molecule has 6 nitrogen and oxygen atoms in total. The van der Waals surface area contributed by atoms with Gasteiger partial charge in [0.05, 0.1) is 24.3 Å². The lowest BCUT2D eigenvalue weighted by atomic mass is 9.90. The Bertz CT molecular complexity index is 1220. The van der Waals surface area contributed by atoms with E-state index in [1.54, 1.807) is 17.5 Å². The van der Waals surface area contributed by atoms with Gasteiger partial charge >= 0.3 is 0 Å². The van der Waals surface area contributed by atoms with E-state index in [0.717, 1.165) is 29.0 Å². The molecule has 32 heavy (non-hydrogen) atoms. The summed E-state index contributed by atoms with van der Waals surface area (Å²) in [7, 11) is -2.27. The van der Waals surface area contributed by atoms with Crippen molar-refractivity contribution in [3.63, 3.8) is 0 Å². The van der Waals surface area contributed by atoms with Crippen LogP contribution in [-0.4, -0.2) is 28.0 Å². The minimum atomic E-state index is -3.80. The first-order valence-corrected chi connectivity index (χ1v) is 12.8. The molecule has 0 fully saturated rings. The molecule has 1 N–H and O–H groups in total. The Morgan fingerprint density at radius 2 is 1.91 bits per heavy atom. The van der Waals surface area contributed by atoms with Gasteiger partial charge in [-0.05, 0) is 48.4 Å². The lowest BCUT2D eigenvalue weighted by molar-refractivity contribution is -0.116. The van der Waals surface area contributed by atoms with Crippen molar-refractivity contribution in [2.45, 2.75) is 41.9 Å². The predicted molar refractivity (Wildman–Crippen MR) is 125 cm³/mol. The molecule has 8 heteroatoms. The molecule has 1 aliphatic heterocycles. The fraction of sp³-hybridized carbons (Fsp3) is 0.292. The zero-order valence-electron chi connectivity index (χ0n) is 18.0. The molecule has 0 spiro atoms. The third-order valence-corrected chi connectivity index (χ3v) is 8.48. The summed E-state index contributed by atoms with van der Waals surface area (Å²) in [6.07, 6.45) is 2.28. The predicted octanol–water partition coefficient (Wildman–Crippen LogP) is 5.24. The van der Waals surface area contributed by atoms with Gasteiger partial charge in [0.15, 0.2) is 0 Å². The minimum Gasteiger partial charge on any atom is -0.497 e. The summed E-state index contributed by atoms with van der Waals surface area (Å²) >= 11 is 1.35. The summed E-state index contributed by atoms with van der Waals surface area (Å²) in [5.41, 5.74) is 1.31. The molecule has 168 valence electrons. The lowest BCUT2D eigenvalue weighted by Gasteiger charge is -2.24. The molecular weight excluding hydrogens is 446 g/mol. The molecule has 0 saturated heterocycles. The molecule has 2 aromatic carbocycles. The summed E-state index contributed by atoms with van der Waals surface area (Å²) in [4.78, 5) is 13.7. The van der Waals surface area contributed by atoms with Gasteiger partial charge in [-0.3, -0.25) is 4.79 Å². The Hall–Kier alpha value is -2.84. The summed E-state index contributed by atoms with van der Waals surface area (Å²) in [5, 5.41) is 4.42. The maximum atomic E-state index is 13.3. The fourth-order valence-electron chi connectivity index (χ4n) is 3.71. The first-order valence-electron chi connectivity index (χ1n) is 10.5. The van der Waals surface area contributed by atoms with Crippen molar-refractivity contribution in [3.8, 4) is 11.5 Å². The second kappa shape index (κ2) is 9.34. The highest BCUT2D eigenvalue weighted by Crippen LogP contribution is 2.46. The number of unbranched alkanes of at least 4 members (excludes halogenated alkanes) is 1. The number of fused-ring (bicyclic) bond motifs is 1. The van der Waals surface area contributed by atoms with Crippen LogP contribution >= 0.6 is 11.3 Å². The first kappa shape index (κ1) is 22.4. The van der Waals surface area contributed by atoms with Crippen LogP contribution in [0.4, 0.5) is 5.69 Å². The number of carbonyl (C=O) groups excluding carboxylic acids is 1. The Balaban J connectivity index is 1.69. The number of amides is 1. The maximum Gasteiger partial charge on any atom is 0.225 e. The van der Waals surface area contributed by atoms with Gasteiger partial charge in [-0.25, -0.2) is 8.42 Å². The lowest BCUT2D eigenvalue weighted by Crippen LogP contribution is -2.23. The molecule has 0 bridgehead atoms. The third kappa shape index (κ3) is 4.38. The number of hydrogen-bond donors (Lipinski definition) is 1. The van der Waals surface area contributed by atoms with Crippen molar-refractivity contribution in [2.75, 3.05) is 19.0 Å². The van der Waals surface area contributed by atoms with Crippen LogP contribution in [0.3, 0.4) is 0 Å². The molecule has 3 aromatic rings. The average Bonchev–Trinajstić information content (AvgIpc) is 3.23. The van der Waals surface area contributed by atoms with Crippen LogP contribution in [0.2, 0.25) is 0 Å². The minimum absolute atomic E-state index is 0.121. The van der Waals surface area contributed by atoms with Gasteiger partial charge < -0.3 is 14.8 Å². The summed E-state index contributed by atoms with van der Waals surface area (Å²) in [6.45, 7) is 2.75. The van der Waals surface area contributed by atoms with Crippen LogP contribution in [0.5, 0.6) is 11.5 Å². The van der Waals surface area contributed by atoms with Crippen molar-refractivity contribution in [1.82, 2.24) is 0 Å². The Labute approximate surface area is 192 Å². The molecule has 1 atom stereocenters. The molecule has 0 saturated carbocycles. The van der Waals surface area contributed by atoms with Crippen LogP contribution < -0.4 is 14.8 Å². The number of benzene rings is 2. The molecular formula is C24H25NO5S2. The number of thiophene rings is 1. The van der Waals surface area contributed by atoms with Crippen molar-refractivity contribution >= 4 is 32.8 Å². The van der Waals surface area contributed by atoms with Gasteiger partial charge in [0.25, 0.3) is 0 Å². The van der Waals surface area contributed by atoms with Crippen LogP contribution in [-0.2, 0) is 14.6 Å². The topological polar surface area (TPSA) is 81.7 Å². The first-order chi connectivity index (χ1) is 15.4. The monoisotopic (exact) mass is 471 g/mol. The molecule has 2 heterocycles. The van der Waals surface area contributed by atoms with E-state index in [0.29, 0.717) is 18.0 Å². The number of anilines is 1. The van der Waals surface area contributed by atoms with Crippen molar-refractivity contribution in [2.24, 2.45) is 0 Å². The number of ether oxygens (including phenoxy) is 2. The summed E-state index contributed by atoms with van der Waals surface area (Å²) < 4.78 is 37.6. The van der Waals surface area contributed by atoms with Crippen LogP contribution in [0.25, 0.3) is 0 Å². The quantitative estimate of drug-likeness (QED) is 0.454. The molecule has 0 aliphatic carbocycles. The second-order valence-corrected chi connectivity index (χ2v) is 10.4. The molecule has 4 rings (SSSR count). The van der Waals surface area contributed by atoms with Gasteiger partial charge in [-0.15, -0.1) is 11.3 Å². The van der Waals surface area contributed by atoms with E-state index in [4.69, 9.17) is 9.47 Å². The van der Waals surface area contributed by atoms with Crippen LogP contribution in [0.1, 0.15) is 42.5 Å². The Morgan fingerprint density at radius 3 is 2.62 bits per heavy atom. The molecule has 1 amide bonds. The number of methoxy groups -OCH3 is 1. The number of carbonyl (C=O) groups is 1.